The van der Waals surface area contributed by atoms with Crippen LogP contribution >= 0.6 is 0 Å². The summed E-state index contributed by atoms with van der Waals surface area (Å²) >= 11 is 0. The highest BCUT2D eigenvalue weighted by molar-refractivity contribution is 5.95. The molecule has 27 heavy (non-hydrogen) atoms. The van der Waals surface area contributed by atoms with E-state index < -0.39 is 23.1 Å². The lowest BCUT2D eigenvalue weighted by atomic mass is 10.2. The van der Waals surface area contributed by atoms with Crippen LogP contribution in [0, 0.1) is 6.92 Å². The number of aromatic amines is 1. The molecular formula is C19H15N3O5. The number of nitrogens with one attached hydrogen (secondary N) is 1. The number of para-hydroxylation sites is 1. The van der Waals surface area contributed by atoms with Crippen molar-refractivity contribution in [3.05, 3.63) is 86.1 Å². The van der Waals surface area contributed by atoms with Crippen molar-refractivity contribution in [3.63, 3.8) is 0 Å². The molecule has 0 bridgehead atoms. The maximum atomic E-state index is 12.2. The van der Waals surface area contributed by atoms with E-state index >= 15 is 0 Å². The average Bonchev–Trinajstić information content (AvgIpc) is 2.61. The molecule has 136 valence electrons. The summed E-state index contributed by atoms with van der Waals surface area (Å²) in [6, 6.07) is 12.8. The molecule has 0 amide bonds. The lowest BCUT2D eigenvalue weighted by Crippen LogP contribution is -2.31. The first-order chi connectivity index (χ1) is 12.9. The Morgan fingerprint density at radius 3 is 2.59 bits per heavy atom. The number of aromatic nitrogens is 2. The second-order valence-corrected chi connectivity index (χ2v) is 5.75. The summed E-state index contributed by atoms with van der Waals surface area (Å²) in [7, 11) is 0. The van der Waals surface area contributed by atoms with Crippen molar-refractivity contribution in [1.29, 1.82) is 0 Å². The van der Waals surface area contributed by atoms with Crippen molar-refractivity contribution in [2.24, 2.45) is 4.99 Å². The molecule has 8 heteroatoms. The summed E-state index contributed by atoms with van der Waals surface area (Å²) in [4.78, 5) is 41.7. The fraction of sp³-hybridized carbons (Fsp3) is 0.0526. The SMILES string of the molecule is Cc1cccc(-n2c(O)c(C=Nc3ccccc3C(=O)O)c(=O)[nH]c2=O)c1. The largest absolute Gasteiger partial charge is 0.493 e. The van der Waals surface area contributed by atoms with E-state index in [0.29, 0.717) is 5.69 Å². The van der Waals surface area contributed by atoms with Crippen molar-refractivity contribution >= 4 is 17.9 Å². The molecule has 1 heterocycles. The van der Waals surface area contributed by atoms with Crippen LogP contribution < -0.4 is 11.2 Å². The van der Waals surface area contributed by atoms with E-state index in [4.69, 9.17) is 0 Å². The Kier molecular flexibility index (Phi) is 4.71. The molecule has 0 aliphatic carbocycles. The molecule has 0 saturated heterocycles. The predicted octanol–water partition coefficient (Wildman–Crippen LogP) is 1.99. The molecule has 3 rings (SSSR count). The summed E-state index contributed by atoms with van der Waals surface area (Å²) < 4.78 is 0.943. The quantitative estimate of drug-likeness (QED) is 0.610. The Labute approximate surface area is 152 Å². The Morgan fingerprint density at radius 1 is 1.15 bits per heavy atom. The fourth-order valence-electron chi connectivity index (χ4n) is 2.56. The molecule has 3 aromatic rings. The number of hydrogen-bond acceptors (Lipinski definition) is 5. The molecular weight excluding hydrogens is 350 g/mol. The summed E-state index contributed by atoms with van der Waals surface area (Å²) in [5, 5.41) is 19.7. The van der Waals surface area contributed by atoms with Crippen LogP contribution in [0.25, 0.3) is 5.69 Å². The molecule has 0 aliphatic heterocycles. The number of rotatable bonds is 4. The molecule has 0 spiro atoms. The van der Waals surface area contributed by atoms with E-state index in [2.05, 4.69) is 9.98 Å². The molecule has 3 N–H and O–H groups in total. The number of carboxylic acid groups (broad SMARTS) is 1. The zero-order valence-electron chi connectivity index (χ0n) is 14.2. The standard InChI is InChI=1S/C19H15N3O5/c1-11-5-4-6-12(9-11)22-17(24)14(16(23)21-19(22)27)10-20-15-8-3-2-7-13(15)18(25)26/h2-10,24H,1H3,(H,25,26)(H,21,23,27). The lowest BCUT2D eigenvalue weighted by Gasteiger charge is -2.10. The number of H-pyrrole nitrogens is 1. The molecule has 2 aromatic carbocycles. The number of aryl methyl sites for hydroxylation is 1. The first-order valence-corrected chi connectivity index (χ1v) is 7.90. The van der Waals surface area contributed by atoms with E-state index in [1.54, 1.807) is 30.3 Å². The van der Waals surface area contributed by atoms with Gasteiger partial charge in [-0.15, -0.1) is 0 Å². The van der Waals surface area contributed by atoms with Crippen LogP contribution in [0.4, 0.5) is 5.69 Å². The van der Waals surface area contributed by atoms with Gasteiger partial charge < -0.3 is 10.2 Å². The highest BCUT2D eigenvalue weighted by atomic mass is 16.4. The van der Waals surface area contributed by atoms with E-state index in [9.17, 15) is 24.6 Å². The Balaban J connectivity index is 2.15. The van der Waals surface area contributed by atoms with Gasteiger partial charge in [-0.05, 0) is 36.8 Å². The minimum atomic E-state index is -1.18. The number of carbonyl (C=O) groups is 1. The smallest absolute Gasteiger partial charge is 0.337 e. The first-order valence-electron chi connectivity index (χ1n) is 7.90. The molecule has 0 saturated carbocycles. The number of benzene rings is 2. The van der Waals surface area contributed by atoms with Crippen LogP contribution in [0.2, 0.25) is 0 Å². The minimum Gasteiger partial charge on any atom is -0.493 e. The van der Waals surface area contributed by atoms with Crippen molar-refractivity contribution in [2.45, 2.75) is 6.92 Å². The number of hydrogen-bond donors (Lipinski definition) is 3. The Hall–Kier alpha value is -3.94. The second kappa shape index (κ2) is 7.12. The first kappa shape index (κ1) is 17.9. The van der Waals surface area contributed by atoms with E-state index in [-0.39, 0.29) is 16.8 Å². The number of carboxylic acids is 1. The van der Waals surface area contributed by atoms with Gasteiger partial charge in [0.15, 0.2) is 0 Å². The predicted molar refractivity (Wildman–Crippen MR) is 99.7 cm³/mol. The van der Waals surface area contributed by atoms with Gasteiger partial charge in [0.1, 0.15) is 5.56 Å². The van der Waals surface area contributed by atoms with Crippen molar-refractivity contribution in [1.82, 2.24) is 9.55 Å². The average molecular weight is 365 g/mol. The van der Waals surface area contributed by atoms with Crippen LogP contribution in [0.3, 0.4) is 0 Å². The van der Waals surface area contributed by atoms with Gasteiger partial charge in [0.25, 0.3) is 5.56 Å². The topological polar surface area (TPSA) is 125 Å². The molecule has 0 unspecified atom stereocenters. The molecule has 0 radical (unpaired) electrons. The van der Waals surface area contributed by atoms with E-state index in [1.807, 2.05) is 13.0 Å². The summed E-state index contributed by atoms with van der Waals surface area (Å²) in [6.45, 7) is 1.82. The van der Waals surface area contributed by atoms with E-state index in [0.717, 1.165) is 16.3 Å². The molecule has 8 nitrogen and oxygen atoms in total. The van der Waals surface area contributed by atoms with Gasteiger partial charge in [-0.25, -0.2) is 14.2 Å². The monoisotopic (exact) mass is 365 g/mol. The van der Waals surface area contributed by atoms with Gasteiger partial charge in [-0.3, -0.25) is 14.8 Å². The molecule has 0 atom stereocenters. The van der Waals surface area contributed by atoms with Crippen molar-refractivity contribution in [3.8, 4) is 11.6 Å². The number of aromatic carboxylic acids is 1. The molecule has 1 aromatic heterocycles. The van der Waals surface area contributed by atoms with Gasteiger partial charge in [-0.2, -0.15) is 0 Å². The maximum Gasteiger partial charge on any atom is 0.337 e. The maximum absolute atomic E-state index is 12.2. The number of aliphatic imine (C=N–C) groups is 1. The van der Waals surface area contributed by atoms with Gasteiger partial charge in [0, 0.05) is 6.21 Å². The second-order valence-electron chi connectivity index (χ2n) is 5.75. The third-order valence-corrected chi connectivity index (χ3v) is 3.85. The lowest BCUT2D eigenvalue weighted by molar-refractivity contribution is 0.0698. The van der Waals surface area contributed by atoms with Gasteiger partial charge in [0.05, 0.1) is 16.9 Å². The van der Waals surface area contributed by atoms with Crippen LogP contribution in [0.1, 0.15) is 21.5 Å². The third kappa shape index (κ3) is 3.54. The van der Waals surface area contributed by atoms with Crippen LogP contribution in [-0.2, 0) is 0 Å². The Morgan fingerprint density at radius 2 is 1.89 bits per heavy atom. The highest BCUT2D eigenvalue weighted by Crippen LogP contribution is 2.20. The van der Waals surface area contributed by atoms with Crippen LogP contribution in [-0.4, -0.2) is 31.9 Å². The highest BCUT2D eigenvalue weighted by Gasteiger charge is 2.15. The zero-order chi connectivity index (χ0) is 19.6. The molecule has 0 fully saturated rings. The number of aromatic hydroxyl groups is 1. The van der Waals surface area contributed by atoms with E-state index in [1.165, 1.54) is 12.1 Å². The summed E-state index contributed by atoms with van der Waals surface area (Å²) in [5.41, 5.74) is -0.626. The van der Waals surface area contributed by atoms with Crippen LogP contribution in [0.15, 0.2) is 63.1 Å². The zero-order valence-corrected chi connectivity index (χ0v) is 14.2. The van der Waals surface area contributed by atoms with Crippen molar-refractivity contribution < 1.29 is 15.0 Å². The summed E-state index contributed by atoms with van der Waals surface area (Å²) in [5.74, 6) is -1.77. The van der Waals surface area contributed by atoms with Gasteiger partial charge in [-0.1, -0.05) is 24.3 Å². The van der Waals surface area contributed by atoms with Gasteiger partial charge in [0.2, 0.25) is 5.88 Å². The normalized spacial score (nSPS) is 11.0. The van der Waals surface area contributed by atoms with Gasteiger partial charge >= 0.3 is 11.7 Å². The van der Waals surface area contributed by atoms with Crippen LogP contribution in [0.5, 0.6) is 5.88 Å². The molecule has 0 aliphatic rings. The Bertz CT molecular complexity index is 1170. The minimum absolute atomic E-state index is 0.0586. The summed E-state index contributed by atoms with van der Waals surface area (Å²) in [6.07, 6.45) is 1.03. The van der Waals surface area contributed by atoms with Crippen molar-refractivity contribution in [2.75, 3.05) is 0 Å². The number of nitrogens with zero attached hydrogens (tertiary/aromatic N) is 2. The fourth-order valence-corrected chi connectivity index (χ4v) is 2.56. The third-order valence-electron chi connectivity index (χ3n) is 3.85.